The summed E-state index contributed by atoms with van der Waals surface area (Å²) in [5.41, 5.74) is -0.761. The lowest BCUT2D eigenvalue weighted by molar-refractivity contribution is -0.137. The molecule has 0 saturated heterocycles. The van der Waals surface area contributed by atoms with Crippen molar-refractivity contribution in [1.29, 1.82) is 0 Å². The highest BCUT2D eigenvalue weighted by Crippen LogP contribution is 2.32. The lowest BCUT2D eigenvalue weighted by atomic mass is 10.0. The van der Waals surface area contributed by atoms with Crippen molar-refractivity contribution in [1.82, 2.24) is 5.32 Å². The molecule has 0 aliphatic carbocycles. The van der Waals surface area contributed by atoms with Crippen LogP contribution in [0, 0.1) is 0 Å². The summed E-state index contributed by atoms with van der Waals surface area (Å²) in [5, 5.41) is 3.20. The summed E-state index contributed by atoms with van der Waals surface area (Å²) in [6, 6.07) is 8.87. The molecule has 2 nitrogen and oxygen atoms in total. The van der Waals surface area contributed by atoms with Crippen LogP contribution >= 0.6 is 23.2 Å². The molecule has 1 N–H and O–H groups in total. The molecule has 0 bridgehead atoms. The molecular formula is C16H12Cl2F3NO. The largest absolute Gasteiger partial charge is 0.417 e. The number of benzene rings is 2. The van der Waals surface area contributed by atoms with Crippen molar-refractivity contribution in [3.05, 3.63) is 69.2 Å². The van der Waals surface area contributed by atoms with Crippen LogP contribution in [-0.2, 0) is 6.18 Å². The summed E-state index contributed by atoms with van der Waals surface area (Å²) in [7, 11) is 0. The van der Waals surface area contributed by atoms with Crippen molar-refractivity contribution in [3.8, 4) is 0 Å². The summed E-state index contributed by atoms with van der Waals surface area (Å²) in [5.74, 6) is -0.809. The topological polar surface area (TPSA) is 29.1 Å². The number of alkyl halides is 3. The van der Waals surface area contributed by atoms with E-state index in [1.165, 1.54) is 12.1 Å². The zero-order valence-corrected chi connectivity index (χ0v) is 13.4. The molecule has 122 valence electrons. The average Bonchev–Trinajstić information content (AvgIpc) is 2.49. The number of rotatable bonds is 3. The molecule has 2 aromatic carbocycles. The first kappa shape index (κ1) is 17.6. The minimum absolute atomic E-state index is 0.306. The number of hydrogen-bond donors (Lipinski definition) is 1. The summed E-state index contributed by atoms with van der Waals surface area (Å²) < 4.78 is 38.9. The van der Waals surface area contributed by atoms with Gasteiger partial charge in [0.2, 0.25) is 0 Å². The first-order valence-corrected chi connectivity index (χ1v) is 7.38. The zero-order chi connectivity index (χ0) is 17.2. The van der Waals surface area contributed by atoms with E-state index in [9.17, 15) is 18.0 Å². The Kier molecular flexibility index (Phi) is 5.22. The van der Waals surface area contributed by atoms with Gasteiger partial charge in [-0.25, -0.2) is 0 Å². The molecule has 7 heteroatoms. The lowest BCUT2D eigenvalue weighted by Crippen LogP contribution is -2.28. The fourth-order valence-corrected chi connectivity index (χ4v) is 2.37. The van der Waals surface area contributed by atoms with E-state index in [-0.39, 0.29) is 0 Å². The van der Waals surface area contributed by atoms with Gasteiger partial charge in [0, 0.05) is 0 Å². The molecule has 0 heterocycles. The van der Waals surface area contributed by atoms with Crippen molar-refractivity contribution in [2.45, 2.75) is 19.1 Å². The monoisotopic (exact) mass is 361 g/mol. The molecular weight excluding hydrogens is 350 g/mol. The maximum atomic E-state index is 13.0. The van der Waals surface area contributed by atoms with E-state index >= 15 is 0 Å². The summed E-state index contributed by atoms with van der Waals surface area (Å²) in [6.07, 6.45) is -4.60. The maximum Gasteiger partial charge on any atom is 0.417 e. The normalized spacial score (nSPS) is 12.8. The molecule has 0 aromatic heterocycles. The highest BCUT2D eigenvalue weighted by Gasteiger charge is 2.35. The van der Waals surface area contributed by atoms with Gasteiger partial charge < -0.3 is 5.32 Å². The molecule has 1 atom stereocenters. The third-order valence-electron chi connectivity index (χ3n) is 3.27. The molecule has 23 heavy (non-hydrogen) atoms. The van der Waals surface area contributed by atoms with Gasteiger partial charge in [-0.1, -0.05) is 41.4 Å². The standard InChI is InChI=1S/C16H12Cl2F3NO/c1-9(10-6-7-13(17)14(18)8-10)22-15(23)11-4-2-3-5-12(11)16(19,20)21/h2-9H,1H3,(H,22,23). The summed E-state index contributed by atoms with van der Waals surface area (Å²) in [6.45, 7) is 1.65. The Morgan fingerprint density at radius 1 is 1.09 bits per heavy atom. The quantitative estimate of drug-likeness (QED) is 0.767. The highest BCUT2D eigenvalue weighted by atomic mass is 35.5. The second-order valence-electron chi connectivity index (χ2n) is 4.91. The van der Waals surface area contributed by atoms with Crippen LogP contribution in [0.3, 0.4) is 0 Å². The van der Waals surface area contributed by atoms with Crippen molar-refractivity contribution in [2.24, 2.45) is 0 Å². The maximum absolute atomic E-state index is 13.0. The molecule has 0 spiro atoms. The number of nitrogens with one attached hydrogen (secondary N) is 1. The SMILES string of the molecule is CC(NC(=O)c1ccccc1C(F)(F)F)c1ccc(Cl)c(Cl)c1. The third kappa shape index (κ3) is 4.18. The van der Waals surface area contributed by atoms with Gasteiger partial charge in [0.25, 0.3) is 5.91 Å². The fraction of sp³-hybridized carbons (Fsp3) is 0.188. The molecule has 0 fully saturated rings. The molecule has 2 aromatic rings. The van der Waals surface area contributed by atoms with E-state index < -0.39 is 29.3 Å². The van der Waals surface area contributed by atoms with Crippen molar-refractivity contribution in [3.63, 3.8) is 0 Å². The fourth-order valence-electron chi connectivity index (χ4n) is 2.07. The Morgan fingerprint density at radius 2 is 1.74 bits per heavy atom. The molecule has 1 unspecified atom stereocenters. The predicted molar refractivity (Wildman–Crippen MR) is 83.8 cm³/mol. The predicted octanol–water partition coefficient (Wildman–Crippen LogP) is 5.50. The van der Waals surface area contributed by atoms with Gasteiger partial charge in [-0.3, -0.25) is 4.79 Å². The number of halogens is 5. The second kappa shape index (κ2) is 6.81. The Morgan fingerprint density at radius 3 is 2.35 bits per heavy atom. The summed E-state index contributed by atoms with van der Waals surface area (Å²) in [4.78, 5) is 12.2. The first-order chi connectivity index (χ1) is 10.7. The zero-order valence-electron chi connectivity index (χ0n) is 11.9. The summed E-state index contributed by atoms with van der Waals surface area (Å²) >= 11 is 11.7. The van der Waals surface area contributed by atoms with Crippen LogP contribution < -0.4 is 5.32 Å². The number of carbonyl (C=O) groups excluding carboxylic acids is 1. The Bertz CT molecular complexity index is 732. The number of hydrogen-bond acceptors (Lipinski definition) is 1. The van der Waals surface area contributed by atoms with Crippen LogP contribution in [0.5, 0.6) is 0 Å². The number of carbonyl (C=O) groups is 1. The van der Waals surface area contributed by atoms with Crippen LogP contribution in [-0.4, -0.2) is 5.91 Å². The van der Waals surface area contributed by atoms with Gasteiger partial charge in [-0.2, -0.15) is 13.2 Å². The molecule has 1 amide bonds. The van der Waals surface area contributed by atoms with Crippen LogP contribution in [0.2, 0.25) is 10.0 Å². The average molecular weight is 362 g/mol. The molecule has 0 aliphatic heterocycles. The van der Waals surface area contributed by atoms with Gasteiger partial charge in [-0.05, 0) is 36.8 Å². The van der Waals surface area contributed by atoms with Gasteiger partial charge in [0.05, 0.1) is 27.2 Å². The van der Waals surface area contributed by atoms with Crippen LogP contribution in [0.1, 0.15) is 34.5 Å². The molecule has 0 radical (unpaired) electrons. The molecule has 0 aliphatic rings. The third-order valence-corrected chi connectivity index (χ3v) is 4.01. The van der Waals surface area contributed by atoms with Crippen molar-refractivity contribution < 1.29 is 18.0 Å². The van der Waals surface area contributed by atoms with Gasteiger partial charge in [0.15, 0.2) is 0 Å². The smallest absolute Gasteiger partial charge is 0.346 e. The number of amides is 1. The van der Waals surface area contributed by atoms with E-state index in [0.717, 1.165) is 12.1 Å². The molecule has 2 rings (SSSR count). The van der Waals surface area contributed by atoms with Crippen molar-refractivity contribution in [2.75, 3.05) is 0 Å². The Balaban J connectivity index is 2.24. The lowest BCUT2D eigenvalue weighted by Gasteiger charge is -2.17. The van der Waals surface area contributed by atoms with E-state index in [1.54, 1.807) is 25.1 Å². The highest BCUT2D eigenvalue weighted by molar-refractivity contribution is 6.42. The first-order valence-electron chi connectivity index (χ1n) is 6.62. The van der Waals surface area contributed by atoms with E-state index in [4.69, 9.17) is 23.2 Å². The van der Waals surface area contributed by atoms with E-state index in [0.29, 0.717) is 15.6 Å². The molecule has 0 saturated carbocycles. The van der Waals surface area contributed by atoms with Gasteiger partial charge >= 0.3 is 6.18 Å². The van der Waals surface area contributed by atoms with Gasteiger partial charge in [-0.15, -0.1) is 0 Å². The van der Waals surface area contributed by atoms with Crippen LogP contribution in [0.4, 0.5) is 13.2 Å². The van der Waals surface area contributed by atoms with E-state index in [1.807, 2.05) is 0 Å². The Labute approximate surface area is 141 Å². The van der Waals surface area contributed by atoms with Crippen LogP contribution in [0.25, 0.3) is 0 Å². The van der Waals surface area contributed by atoms with Gasteiger partial charge in [0.1, 0.15) is 0 Å². The van der Waals surface area contributed by atoms with Crippen LogP contribution in [0.15, 0.2) is 42.5 Å². The van der Waals surface area contributed by atoms with E-state index in [2.05, 4.69) is 5.32 Å². The minimum Gasteiger partial charge on any atom is -0.346 e. The Hall–Kier alpha value is -1.72. The van der Waals surface area contributed by atoms with Crippen molar-refractivity contribution >= 4 is 29.1 Å². The minimum atomic E-state index is -4.60. The second-order valence-corrected chi connectivity index (χ2v) is 5.73.